The first kappa shape index (κ1) is 29.1. The Kier molecular flexibility index (Phi) is 6.81. The third-order valence-electron chi connectivity index (χ3n) is 9.93. The molecule has 3 nitrogen and oxygen atoms in total. The van der Waals surface area contributed by atoms with E-state index in [0.717, 1.165) is 77.3 Å². The van der Waals surface area contributed by atoms with E-state index in [9.17, 15) is 0 Å². The molecule has 8 aromatic carbocycles. The zero-order valence-electron chi connectivity index (χ0n) is 27.6. The van der Waals surface area contributed by atoms with Crippen LogP contribution in [0.25, 0.3) is 99.6 Å². The fourth-order valence-corrected chi connectivity index (χ4v) is 7.60. The molecule has 3 heteroatoms. The second-order valence-corrected chi connectivity index (χ2v) is 12.9. The van der Waals surface area contributed by atoms with E-state index >= 15 is 0 Å². The van der Waals surface area contributed by atoms with Gasteiger partial charge >= 0.3 is 0 Å². The lowest BCUT2D eigenvalue weighted by molar-refractivity contribution is 0.669. The molecule has 0 aliphatic heterocycles. The molecular formula is C48H30N2O. The first-order chi connectivity index (χ1) is 25.3. The third kappa shape index (κ3) is 4.90. The van der Waals surface area contributed by atoms with Crippen LogP contribution in [0.3, 0.4) is 0 Å². The quantitative estimate of drug-likeness (QED) is 0.186. The number of para-hydroxylation sites is 1. The first-order valence-corrected chi connectivity index (χ1v) is 17.2. The fourth-order valence-electron chi connectivity index (χ4n) is 7.60. The molecule has 0 radical (unpaired) electrons. The smallest absolute Gasteiger partial charge is 0.160 e. The van der Waals surface area contributed by atoms with Gasteiger partial charge in [-0.1, -0.05) is 164 Å². The molecule has 0 saturated heterocycles. The molecule has 10 rings (SSSR count). The summed E-state index contributed by atoms with van der Waals surface area (Å²) in [6.45, 7) is 0. The predicted molar refractivity (Wildman–Crippen MR) is 212 cm³/mol. The van der Waals surface area contributed by atoms with Gasteiger partial charge in [0, 0.05) is 27.5 Å². The topological polar surface area (TPSA) is 38.9 Å². The van der Waals surface area contributed by atoms with Gasteiger partial charge in [-0.25, -0.2) is 9.97 Å². The van der Waals surface area contributed by atoms with Gasteiger partial charge in [0.1, 0.15) is 11.2 Å². The molecule has 0 spiro atoms. The molecule has 51 heavy (non-hydrogen) atoms. The van der Waals surface area contributed by atoms with Crippen LogP contribution in [-0.2, 0) is 0 Å². The van der Waals surface area contributed by atoms with E-state index in [1.165, 1.54) is 16.5 Å². The molecule has 0 atom stereocenters. The minimum atomic E-state index is 0.696. The Morgan fingerprint density at radius 2 is 0.784 bits per heavy atom. The molecule has 2 aromatic heterocycles. The van der Waals surface area contributed by atoms with Gasteiger partial charge in [-0.15, -0.1) is 0 Å². The molecule has 0 amide bonds. The van der Waals surface area contributed by atoms with E-state index in [0.29, 0.717) is 5.82 Å². The van der Waals surface area contributed by atoms with Crippen molar-refractivity contribution < 1.29 is 4.42 Å². The number of rotatable bonds is 5. The van der Waals surface area contributed by atoms with Gasteiger partial charge in [0.15, 0.2) is 5.82 Å². The van der Waals surface area contributed by atoms with Crippen LogP contribution >= 0.6 is 0 Å². The Morgan fingerprint density at radius 3 is 1.51 bits per heavy atom. The highest BCUT2D eigenvalue weighted by Crippen LogP contribution is 2.42. The zero-order valence-corrected chi connectivity index (χ0v) is 27.6. The van der Waals surface area contributed by atoms with Crippen LogP contribution in [0.15, 0.2) is 186 Å². The first-order valence-electron chi connectivity index (χ1n) is 17.2. The van der Waals surface area contributed by atoms with Crippen LogP contribution in [0, 0.1) is 0 Å². The van der Waals surface area contributed by atoms with Gasteiger partial charge in [0.2, 0.25) is 0 Å². The summed E-state index contributed by atoms with van der Waals surface area (Å²) in [5, 5.41) is 6.89. The highest BCUT2D eigenvalue weighted by Gasteiger charge is 2.18. The molecule has 0 unspecified atom stereocenters. The molecule has 0 N–H and O–H groups in total. The molecule has 238 valence electrons. The second kappa shape index (κ2) is 11.9. The number of hydrogen-bond donors (Lipinski definition) is 0. The summed E-state index contributed by atoms with van der Waals surface area (Å²) in [6.07, 6.45) is 0. The Hall–Kier alpha value is -6.84. The summed E-state index contributed by atoms with van der Waals surface area (Å²) >= 11 is 0. The zero-order chi connectivity index (χ0) is 33.7. The normalized spacial score (nSPS) is 11.5. The lowest BCUT2D eigenvalue weighted by atomic mass is 9.91. The van der Waals surface area contributed by atoms with Crippen molar-refractivity contribution in [3.63, 3.8) is 0 Å². The van der Waals surface area contributed by atoms with E-state index in [1.807, 2.05) is 30.3 Å². The number of benzene rings is 8. The van der Waals surface area contributed by atoms with E-state index in [2.05, 4.69) is 152 Å². The summed E-state index contributed by atoms with van der Waals surface area (Å²) in [5.41, 5.74) is 11.4. The van der Waals surface area contributed by atoms with Gasteiger partial charge in [-0.2, -0.15) is 0 Å². The van der Waals surface area contributed by atoms with Gasteiger partial charge in [0.25, 0.3) is 0 Å². The van der Waals surface area contributed by atoms with Crippen molar-refractivity contribution in [3.8, 4) is 56.2 Å². The molecule has 2 heterocycles. The van der Waals surface area contributed by atoms with Crippen LogP contribution in [0.2, 0.25) is 0 Å². The summed E-state index contributed by atoms with van der Waals surface area (Å²) in [7, 11) is 0. The average molecular weight is 651 g/mol. The number of furan rings is 1. The van der Waals surface area contributed by atoms with Crippen LogP contribution < -0.4 is 0 Å². The van der Waals surface area contributed by atoms with Crippen molar-refractivity contribution >= 4 is 43.5 Å². The molecule has 0 saturated carbocycles. The number of hydrogen-bond acceptors (Lipinski definition) is 3. The number of nitrogens with zero attached hydrogens (tertiary/aromatic N) is 2. The maximum Gasteiger partial charge on any atom is 0.160 e. The molecule has 0 fully saturated rings. The van der Waals surface area contributed by atoms with Gasteiger partial charge in [-0.3, -0.25) is 0 Å². The lowest BCUT2D eigenvalue weighted by Gasteiger charge is -2.15. The molecule has 0 aliphatic carbocycles. The Morgan fingerprint density at radius 1 is 0.314 bits per heavy atom. The standard InChI is InChI=1S/C48H30N2O/c1-3-14-31(15-4-1)33-21-11-23-37-34(33)22-12-24-39(37)43-30-44(50-48(49-43)32-16-5-2-6-17-32)40-29-28-38(35-18-7-8-19-36(35)40)41-25-13-27-46-47(41)42-20-9-10-26-45(42)51-46/h1-30H. The highest BCUT2D eigenvalue weighted by molar-refractivity contribution is 6.16. The second-order valence-electron chi connectivity index (χ2n) is 12.9. The van der Waals surface area contributed by atoms with E-state index in [-0.39, 0.29) is 0 Å². The number of fused-ring (bicyclic) bond motifs is 5. The van der Waals surface area contributed by atoms with Gasteiger partial charge in [-0.05, 0) is 62.0 Å². The Labute approximate surface area is 295 Å². The third-order valence-corrected chi connectivity index (χ3v) is 9.93. The Balaban J connectivity index is 1.20. The molecule has 0 aliphatic rings. The maximum absolute atomic E-state index is 6.28. The summed E-state index contributed by atoms with van der Waals surface area (Å²) < 4.78 is 6.28. The van der Waals surface area contributed by atoms with E-state index in [1.54, 1.807) is 0 Å². The summed E-state index contributed by atoms with van der Waals surface area (Å²) in [6, 6.07) is 63.8. The van der Waals surface area contributed by atoms with Crippen LogP contribution in [-0.4, -0.2) is 9.97 Å². The van der Waals surface area contributed by atoms with Crippen LogP contribution in [0.5, 0.6) is 0 Å². The largest absolute Gasteiger partial charge is 0.456 e. The lowest BCUT2D eigenvalue weighted by Crippen LogP contribution is -1.97. The monoisotopic (exact) mass is 650 g/mol. The molecule has 0 bridgehead atoms. The van der Waals surface area contributed by atoms with Crippen LogP contribution in [0.4, 0.5) is 0 Å². The van der Waals surface area contributed by atoms with E-state index < -0.39 is 0 Å². The fraction of sp³-hybridized carbons (Fsp3) is 0. The predicted octanol–water partition coefficient (Wildman–Crippen LogP) is 13.0. The van der Waals surface area contributed by atoms with Crippen molar-refractivity contribution in [2.24, 2.45) is 0 Å². The van der Waals surface area contributed by atoms with Crippen LogP contribution in [0.1, 0.15) is 0 Å². The van der Waals surface area contributed by atoms with Crippen molar-refractivity contribution in [2.75, 3.05) is 0 Å². The molecular weight excluding hydrogens is 621 g/mol. The summed E-state index contributed by atoms with van der Waals surface area (Å²) in [5.74, 6) is 0.696. The van der Waals surface area contributed by atoms with Crippen molar-refractivity contribution in [1.29, 1.82) is 0 Å². The maximum atomic E-state index is 6.28. The SMILES string of the molecule is c1ccc(-c2nc(-c3cccc4c(-c5ccccc5)cccc34)cc(-c3ccc(-c4cccc5oc6ccccc6c45)c4ccccc34)n2)cc1. The average Bonchev–Trinajstić information content (AvgIpc) is 3.60. The molecule has 10 aromatic rings. The van der Waals surface area contributed by atoms with Gasteiger partial charge < -0.3 is 4.42 Å². The minimum absolute atomic E-state index is 0.696. The number of aromatic nitrogens is 2. The highest BCUT2D eigenvalue weighted by atomic mass is 16.3. The minimum Gasteiger partial charge on any atom is -0.456 e. The van der Waals surface area contributed by atoms with Gasteiger partial charge in [0.05, 0.1) is 11.4 Å². The van der Waals surface area contributed by atoms with Crippen molar-refractivity contribution in [2.45, 2.75) is 0 Å². The van der Waals surface area contributed by atoms with Crippen molar-refractivity contribution in [1.82, 2.24) is 9.97 Å². The van der Waals surface area contributed by atoms with Crippen molar-refractivity contribution in [3.05, 3.63) is 182 Å². The summed E-state index contributed by atoms with van der Waals surface area (Å²) in [4.78, 5) is 10.5. The van der Waals surface area contributed by atoms with E-state index in [4.69, 9.17) is 14.4 Å². The Bertz CT molecular complexity index is 2910.